The fraction of sp³-hybridized carbons (Fsp3) is 0.200. The molecule has 0 aliphatic heterocycles. The third-order valence-electron chi connectivity index (χ3n) is 2.93. The highest BCUT2D eigenvalue weighted by atomic mass is 79.9. The molecule has 2 aromatic rings. The van der Waals surface area contributed by atoms with E-state index in [-0.39, 0.29) is 5.82 Å². The molecule has 0 saturated heterocycles. The maximum Gasteiger partial charge on any atom is 0.123 e. The molecule has 1 nitrogen and oxygen atoms in total. The Hall–Kier alpha value is -1.19. The first kappa shape index (κ1) is 13.2. The Morgan fingerprint density at radius 3 is 2.72 bits per heavy atom. The lowest BCUT2D eigenvalue weighted by atomic mass is 9.99. The Kier molecular flexibility index (Phi) is 4.15. The molecule has 2 aromatic carbocycles. The maximum absolute atomic E-state index is 13.2. The molecule has 0 aromatic heterocycles. The van der Waals surface area contributed by atoms with Crippen LogP contribution in [-0.2, 0) is 6.42 Å². The standard InChI is InChI=1S/C15H14BrFO/c1-2-10-4-3-5-11(8-10)15(18)13-9-12(17)6-7-14(13)16/h3-9,15,18H,2H2,1H3. The van der Waals surface area contributed by atoms with Crippen LogP contribution in [-0.4, -0.2) is 5.11 Å². The SMILES string of the molecule is CCc1cccc(C(O)c2cc(F)ccc2Br)c1. The largest absolute Gasteiger partial charge is 0.384 e. The van der Waals surface area contributed by atoms with Gasteiger partial charge in [-0.2, -0.15) is 0 Å². The van der Waals surface area contributed by atoms with Gasteiger partial charge in [-0.25, -0.2) is 4.39 Å². The molecule has 0 saturated carbocycles. The van der Waals surface area contributed by atoms with Gasteiger partial charge in [0, 0.05) is 10.0 Å². The van der Waals surface area contributed by atoms with Gasteiger partial charge in [0.05, 0.1) is 0 Å². The lowest BCUT2D eigenvalue weighted by molar-refractivity contribution is 0.219. The molecule has 0 aliphatic rings. The summed E-state index contributed by atoms with van der Waals surface area (Å²) in [5.74, 6) is -0.348. The summed E-state index contributed by atoms with van der Waals surface area (Å²) in [6, 6.07) is 12.0. The van der Waals surface area contributed by atoms with Crippen LogP contribution in [0.5, 0.6) is 0 Å². The Bertz CT molecular complexity index is 554. The number of aryl methyl sites for hydroxylation is 1. The number of hydrogen-bond donors (Lipinski definition) is 1. The van der Waals surface area contributed by atoms with Crippen LogP contribution in [0.2, 0.25) is 0 Å². The number of halogens is 2. The van der Waals surface area contributed by atoms with Crippen LogP contribution in [0.1, 0.15) is 29.7 Å². The van der Waals surface area contributed by atoms with Crippen molar-refractivity contribution in [1.82, 2.24) is 0 Å². The lowest BCUT2D eigenvalue weighted by Gasteiger charge is -2.14. The maximum atomic E-state index is 13.2. The molecule has 0 bridgehead atoms. The van der Waals surface area contributed by atoms with E-state index < -0.39 is 6.10 Å². The molecule has 2 rings (SSSR count). The van der Waals surface area contributed by atoms with E-state index in [1.807, 2.05) is 24.3 Å². The molecule has 0 spiro atoms. The van der Waals surface area contributed by atoms with Crippen molar-refractivity contribution in [3.63, 3.8) is 0 Å². The average Bonchev–Trinajstić information content (AvgIpc) is 2.41. The zero-order valence-electron chi connectivity index (χ0n) is 10.0. The minimum Gasteiger partial charge on any atom is -0.384 e. The van der Waals surface area contributed by atoms with Gasteiger partial charge in [-0.05, 0) is 35.7 Å². The van der Waals surface area contributed by atoms with Crippen molar-refractivity contribution >= 4 is 15.9 Å². The van der Waals surface area contributed by atoms with Crippen molar-refractivity contribution in [2.75, 3.05) is 0 Å². The molecule has 18 heavy (non-hydrogen) atoms. The molecule has 1 N–H and O–H groups in total. The van der Waals surface area contributed by atoms with Gasteiger partial charge in [0.25, 0.3) is 0 Å². The van der Waals surface area contributed by atoms with E-state index in [9.17, 15) is 9.50 Å². The summed E-state index contributed by atoms with van der Waals surface area (Å²) in [4.78, 5) is 0. The fourth-order valence-corrected chi connectivity index (χ4v) is 2.35. The summed E-state index contributed by atoms with van der Waals surface area (Å²) in [6.45, 7) is 2.06. The number of benzene rings is 2. The van der Waals surface area contributed by atoms with Crippen LogP contribution in [0.25, 0.3) is 0 Å². The second-order valence-corrected chi connectivity index (χ2v) is 5.02. The summed E-state index contributed by atoms with van der Waals surface area (Å²) < 4.78 is 13.9. The van der Waals surface area contributed by atoms with E-state index in [2.05, 4.69) is 22.9 Å². The third kappa shape index (κ3) is 2.79. The highest BCUT2D eigenvalue weighted by Crippen LogP contribution is 2.29. The molecule has 0 heterocycles. The van der Waals surface area contributed by atoms with Gasteiger partial charge in [0.2, 0.25) is 0 Å². The number of hydrogen-bond acceptors (Lipinski definition) is 1. The van der Waals surface area contributed by atoms with Gasteiger partial charge in [-0.1, -0.05) is 47.1 Å². The lowest BCUT2D eigenvalue weighted by Crippen LogP contribution is -2.02. The van der Waals surface area contributed by atoms with Crippen LogP contribution in [0.3, 0.4) is 0 Å². The van der Waals surface area contributed by atoms with Crippen LogP contribution in [0.4, 0.5) is 4.39 Å². The predicted octanol–water partition coefficient (Wildman–Crippen LogP) is 4.23. The van der Waals surface area contributed by atoms with Gasteiger partial charge >= 0.3 is 0 Å². The van der Waals surface area contributed by atoms with Crippen LogP contribution < -0.4 is 0 Å². The van der Waals surface area contributed by atoms with E-state index in [1.165, 1.54) is 12.1 Å². The van der Waals surface area contributed by atoms with Crippen molar-refractivity contribution in [2.24, 2.45) is 0 Å². The third-order valence-corrected chi connectivity index (χ3v) is 3.65. The summed E-state index contributed by atoms with van der Waals surface area (Å²) in [5, 5.41) is 10.3. The van der Waals surface area contributed by atoms with E-state index in [0.717, 1.165) is 17.5 Å². The highest BCUT2D eigenvalue weighted by molar-refractivity contribution is 9.10. The smallest absolute Gasteiger partial charge is 0.123 e. The first-order valence-corrected chi connectivity index (χ1v) is 6.63. The summed E-state index contributed by atoms with van der Waals surface area (Å²) in [5.41, 5.74) is 2.47. The second kappa shape index (κ2) is 5.63. The normalized spacial score (nSPS) is 12.4. The van der Waals surface area contributed by atoms with Crippen molar-refractivity contribution < 1.29 is 9.50 Å². The summed E-state index contributed by atoms with van der Waals surface area (Å²) in [7, 11) is 0. The summed E-state index contributed by atoms with van der Waals surface area (Å²) in [6.07, 6.45) is 0.0896. The second-order valence-electron chi connectivity index (χ2n) is 4.17. The van der Waals surface area contributed by atoms with E-state index in [4.69, 9.17) is 0 Å². The van der Waals surface area contributed by atoms with Gasteiger partial charge in [0.15, 0.2) is 0 Å². The van der Waals surface area contributed by atoms with Crippen molar-refractivity contribution in [3.8, 4) is 0 Å². The van der Waals surface area contributed by atoms with Gasteiger partial charge < -0.3 is 5.11 Å². The first-order valence-electron chi connectivity index (χ1n) is 5.83. The van der Waals surface area contributed by atoms with Crippen molar-refractivity contribution in [2.45, 2.75) is 19.4 Å². The zero-order valence-corrected chi connectivity index (χ0v) is 11.6. The topological polar surface area (TPSA) is 20.2 Å². The molecule has 1 unspecified atom stereocenters. The van der Waals surface area contributed by atoms with E-state index in [0.29, 0.717) is 10.0 Å². The molecule has 0 radical (unpaired) electrons. The molecule has 3 heteroatoms. The molecule has 0 aliphatic carbocycles. The Balaban J connectivity index is 2.40. The Labute approximate surface area is 114 Å². The molecular formula is C15H14BrFO. The molecular weight excluding hydrogens is 295 g/mol. The zero-order chi connectivity index (χ0) is 13.1. The average molecular weight is 309 g/mol. The van der Waals surface area contributed by atoms with Gasteiger partial charge in [0.1, 0.15) is 11.9 Å². The molecule has 1 atom stereocenters. The quantitative estimate of drug-likeness (QED) is 0.899. The number of aliphatic hydroxyl groups excluding tert-OH is 1. The molecule has 0 amide bonds. The van der Waals surface area contributed by atoms with Crippen molar-refractivity contribution in [1.29, 1.82) is 0 Å². The van der Waals surface area contributed by atoms with Crippen LogP contribution in [0, 0.1) is 5.82 Å². The molecule has 0 fully saturated rings. The highest BCUT2D eigenvalue weighted by Gasteiger charge is 2.14. The molecule has 94 valence electrons. The van der Waals surface area contributed by atoms with E-state index >= 15 is 0 Å². The number of aliphatic hydroxyl groups is 1. The van der Waals surface area contributed by atoms with E-state index in [1.54, 1.807) is 6.07 Å². The fourth-order valence-electron chi connectivity index (χ4n) is 1.89. The summed E-state index contributed by atoms with van der Waals surface area (Å²) >= 11 is 3.34. The van der Waals surface area contributed by atoms with Gasteiger partial charge in [-0.15, -0.1) is 0 Å². The predicted molar refractivity (Wildman–Crippen MR) is 74.0 cm³/mol. The van der Waals surface area contributed by atoms with Crippen LogP contribution in [0.15, 0.2) is 46.9 Å². The monoisotopic (exact) mass is 308 g/mol. The Morgan fingerprint density at radius 1 is 1.22 bits per heavy atom. The van der Waals surface area contributed by atoms with Gasteiger partial charge in [-0.3, -0.25) is 0 Å². The number of rotatable bonds is 3. The van der Waals surface area contributed by atoms with Crippen LogP contribution >= 0.6 is 15.9 Å². The van der Waals surface area contributed by atoms with Crippen molar-refractivity contribution in [3.05, 3.63) is 69.4 Å². The Morgan fingerprint density at radius 2 is 2.00 bits per heavy atom. The minimum atomic E-state index is -0.818. The minimum absolute atomic E-state index is 0.348. The first-order chi connectivity index (χ1) is 8.61.